The lowest BCUT2D eigenvalue weighted by atomic mass is 9.97. The molecule has 0 heterocycles. The molecule has 0 aliphatic heterocycles. The Bertz CT molecular complexity index is 566. The lowest BCUT2D eigenvalue weighted by Gasteiger charge is -2.19. The summed E-state index contributed by atoms with van der Waals surface area (Å²) in [4.78, 5) is 0. The Morgan fingerprint density at radius 1 is 1.15 bits per heavy atom. The van der Waals surface area contributed by atoms with E-state index in [2.05, 4.69) is 5.32 Å². The first-order valence-electron chi connectivity index (χ1n) is 6.81. The standard InChI is InChI=1S/C17H20FNO/c1-4-20-14-8-6-13(7-9-14)17(19-3)15-11-12(2)5-10-16(15)18/h5-11,17,19H,4H2,1-3H3. The molecule has 0 saturated carbocycles. The summed E-state index contributed by atoms with van der Waals surface area (Å²) in [6, 6.07) is 12.8. The van der Waals surface area contributed by atoms with Gasteiger partial charge in [0.15, 0.2) is 0 Å². The third-order valence-corrected chi connectivity index (χ3v) is 3.28. The molecule has 0 aliphatic carbocycles. The number of nitrogens with one attached hydrogen (secondary N) is 1. The zero-order chi connectivity index (χ0) is 14.5. The molecule has 3 heteroatoms. The van der Waals surface area contributed by atoms with Gasteiger partial charge >= 0.3 is 0 Å². The number of hydrogen-bond donors (Lipinski definition) is 1. The predicted molar refractivity (Wildman–Crippen MR) is 79.7 cm³/mol. The quantitative estimate of drug-likeness (QED) is 0.893. The molecule has 20 heavy (non-hydrogen) atoms. The van der Waals surface area contributed by atoms with Crippen LogP contribution in [0.25, 0.3) is 0 Å². The van der Waals surface area contributed by atoms with Gasteiger partial charge in [0.05, 0.1) is 12.6 Å². The van der Waals surface area contributed by atoms with Gasteiger partial charge in [-0.3, -0.25) is 0 Å². The first-order chi connectivity index (χ1) is 9.65. The van der Waals surface area contributed by atoms with Crippen molar-refractivity contribution >= 4 is 0 Å². The highest BCUT2D eigenvalue weighted by Crippen LogP contribution is 2.26. The SMILES string of the molecule is CCOc1ccc(C(NC)c2cc(C)ccc2F)cc1. The number of benzene rings is 2. The van der Waals surface area contributed by atoms with Crippen molar-refractivity contribution in [1.82, 2.24) is 5.32 Å². The molecule has 0 amide bonds. The van der Waals surface area contributed by atoms with Crippen molar-refractivity contribution in [3.8, 4) is 5.75 Å². The normalized spacial score (nSPS) is 12.2. The van der Waals surface area contributed by atoms with Crippen LogP contribution in [0.15, 0.2) is 42.5 Å². The Morgan fingerprint density at radius 2 is 1.85 bits per heavy atom. The van der Waals surface area contributed by atoms with Crippen molar-refractivity contribution in [1.29, 1.82) is 0 Å². The summed E-state index contributed by atoms with van der Waals surface area (Å²) in [6.45, 7) is 4.56. The maximum atomic E-state index is 14.0. The van der Waals surface area contributed by atoms with Crippen LogP contribution in [0.4, 0.5) is 4.39 Å². The summed E-state index contributed by atoms with van der Waals surface area (Å²) in [5.74, 6) is 0.639. The van der Waals surface area contributed by atoms with Crippen molar-refractivity contribution in [2.75, 3.05) is 13.7 Å². The van der Waals surface area contributed by atoms with E-state index in [9.17, 15) is 4.39 Å². The molecular weight excluding hydrogens is 253 g/mol. The Kier molecular flexibility index (Phi) is 4.74. The van der Waals surface area contributed by atoms with Crippen LogP contribution >= 0.6 is 0 Å². The fourth-order valence-corrected chi connectivity index (χ4v) is 2.31. The van der Waals surface area contributed by atoms with Crippen LogP contribution < -0.4 is 10.1 Å². The average molecular weight is 273 g/mol. The lowest BCUT2D eigenvalue weighted by Crippen LogP contribution is -2.19. The minimum Gasteiger partial charge on any atom is -0.494 e. The van der Waals surface area contributed by atoms with E-state index in [4.69, 9.17) is 4.74 Å². The van der Waals surface area contributed by atoms with Gasteiger partial charge in [0.2, 0.25) is 0 Å². The van der Waals surface area contributed by atoms with Crippen LogP contribution in [0.1, 0.15) is 29.7 Å². The Balaban J connectivity index is 2.34. The molecule has 0 bridgehead atoms. The van der Waals surface area contributed by atoms with E-state index in [0.29, 0.717) is 12.2 Å². The van der Waals surface area contributed by atoms with E-state index in [1.165, 1.54) is 6.07 Å². The Labute approximate surface area is 119 Å². The Morgan fingerprint density at radius 3 is 2.45 bits per heavy atom. The molecule has 0 saturated heterocycles. The number of rotatable bonds is 5. The molecule has 2 aromatic carbocycles. The summed E-state index contributed by atoms with van der Waals surface area (Å²) < 4.78 is 19.5. The minimum absolute atomic E-state index is 0.162. The monoisotopic (exact) mass is 273 g/mol. The first kappa shape index (κ1) is 14.5. The number of hydrogen-bond acceptors (Lipinski definition) is 2. The fraction of sp³-hybridized carbons (Fsp3) is 0.294. The third kappa shape index (κ3) is 3.17. The summed E-state index contributed by atoms with van der Waals surface area (Å²) in [6.07, 6.45) is 0. The zero-order valence-corrected chi connectivity index (χ0v) is 12.1. The predicted octanol–water partition coefficient (Wildman–Crippen LogP) is 3.84. The van der Waals surface area contributed by atoms with Gasteiger partial charge in [-0.2, -0.15) is 0 Å². The minimum atomic E-state index is -0.191. The summed E-state index contributed by atoms with van der Waals surface area (Å²) in [5, 5.41) is 3.17. The molecule has 2 rings (SSSR count). The molecule has 2 nitrogen and oxygen atoms in total. The van der Waals surface area contributed by atoms with E-state index in [0.717, 1.165) is 16.9 Å². The zero-order valence-electron chi connectivity index (χ0n) is 12.1. The number of ether oxygens (including phenoxy) is 1. The van der Waals surface area contributed by atoms with Crippen molar-refractivity contribution < 1.29 is 9.13 Å². The molecule has 1 atom stereocenters. The van der Waals surface area contributed by atoms with E-state index in [1.807, 2.05) is 51.2 Å². The van der Waals surface area contributed by atoms with Gasteiger partial charge in [-0.25, -0.2) is 4.39 Å². The molecule has 2 aromatic rings. The Hall–Kier alpha value is -1.87. The molecule has 1 unspecified atom stereocenters. The molecule has 106 valence electrons. The van der Waals surface area contributed by atoms with Crippen LogP contribution in [0.5, 0.6) is 5.75 Å². The van der Waals surface area contributed by atoms with E-state index < -0.39 is 0 Å². The highest BCUT2D eigenvalue weighted by Gasteiger charge is 2.16. The molecule has 1 N–H and O–H groups in total. The largest absolute Gasteiger partial charge is 0.494 e. The third-order valence-electron chi connectivity index (χ3n) is 3.28. The second-order valence-corrected chi connectivity index (χ2v) is 4.75. The summed E-state index contributed by atoms with van der Waals surface area (Å²) in [7, 11) is 1.84. The van der Waals surface area contributed by atoms with E-state index in [-0.39, 0.29) is 11.9 Å². The van der Waals surface area contributed by atoms with Crippen LogP contribution in [0.3, 0.4) is 0 Å². The van der Waals surface area contributed by atoms with Crippen molar-refractivity contribution in [2.45, 2.75) is 19.9 Å². The smallest absolute Gasteiger partial charge is 0.128 e. The van der Waals surface area contributed by atoms with Crippen molar-refractivity contribution in [3.63, 3.8) is 0 Å². The van der Waals surface area contributed by atoms with Crippen LogP contribution in [-0.2, 0) is 0 Å². The van der Waals surface area contributed by atoms with Gasteiger partial charge in [0, 0.05) is 5.56 Å². The second-order valence-electron chi connectivity index (χ2n) is 4.75. The van der Waals surface area contributed by atoms with Crippen molar-refractivity contribution in [2.24, 2.45) is 0 Å². The number of aryl methyl sites for hydroxylation is 1. The van der Waals surface area contributed by atoms with Gasteiger partial charge in [-0.1, -0.05) is 29.8 Å². The molecule has 0 spiro atoms. The molecule has 0 fully saturated rings. The second kappa shape index (κ2) is 6.53. The van der Waals surface area contributed by atoms with Gasteiger partial charge < -0.3 is 10.1 Å². The maximum Gasteiger partial charge on any atom is 0.128 e. The molecular formula is C17H20FNO. The average Bonchev–Trinajstić information content (AvgIpc) is 2.45. The summed E-state index contributed by atoms with van der Waals surface area (Å²) in [5.41, 5.74) is 2.73. The van der Waals surface area contributed by atoms with Gasteiger partial charge in [0.25, 0.3) is 0 Å². The fourth-order valence-electron chi connectivity index (χ4n) is 2.31. The summed E-state index contributed by atoms with van der Waals surface area (Å²) >= 11 is 0. The number of halogens is 1. The topological polar surface area (TPSA) is 21.3 Å². The van der Waals surface area contributed by atoms with Crippen LogP contribution in [0, 0.1) is 12.7 Å². The first-order valence-corrected chi connectivity index (χ1v) is 6.81. The highest BCUT2D eigenvalue weighted by atomic mass is 19.1. The van der Waals surface area contributed by atoms with Crippen molar-refractivity contribution in [3.05, 3.63) is 65.0 Å². The van der Waals surface area contributed by atoms with Crippen LogP contribution in [-0.4, -0.2) is 13.7 Å². The van der Waals surface area contributed by atoms with E-state index >= 15 is 0 Å². The molecule has 0 radical (unpaired) electrons. The van der Waals surface area contributed by atoms with Gasteiger partial charge in [0.1, 0.15) is 11.6 Å². The highest BCUT2D eigenvalue weighted by molar-refractivity contribution is 5.37. The van der Waals surface area contributed by atoms with Crippen LogP contribution in [0.2, 0.25) is 0 Å². The van der Waals surface area contributed by atoms with E-state index in [1.54, 1.807) is 6.07 Å². The molecule has 0 aromatic heterocycles. The lowest BCUT2D eigenvalue weighted by molar-refractivity contribution is 0.340. The van der Waals surface area contributed by atoms with Gasteiger partial charge in [-0.05, 0) is 44.7 Å². The molecule has 0 aliphatic rings. The maximum absolute atomic E-state index is 14.0. The van der Waals surface area contributed by atoms with Gasteiger partial charge in [-0.15, -0.1) is 0 Å².